The van der Waals surface area contributed by atoms with Gasteiger partial charge in [-0.15, -0.1) is 0 Å². The molecule has 0 fully saturated rings. The molecule has 162 valence electrons. The van der Waals surface area contributed by atoms with E-state index in [1.807, 2.05) is 19.1 Å². The van der Waals surface area contributed by atoms with Crippen LogP contribution < -0.4 is 25.5 Å². The van der Waals surface area contributed by atoms with E-state index in [0.717, 1.165) is 5.56 Å². The Morgan fingerprint density at radius 2 is 2.06 bits per heavy atom. The number of pyridine rings is 2. The smallest absolute Gasteiger partial charge is 0.259 e. The lowest BCUT2D eigenvalue weighted by atomic mass is 9.83. The molecule has 0 bridgehead atoms. The van der Waals surface area contributed by atoms with Crippen LogP contribution in [0.5, 0.6) is 17.2 Å². The van der Waals surface area contributed by atoms with E-state index < -0.39 is 5.92 Å². The van der Waals surface area contributed by atoms with Crippen LogP contribution in [0.2, 0.25) is 0 Å². The minimum absolute atomic E-state index is 0.0429. The number of ether oxygens (including phenoxy) is 3. The largest absolute Gasteiger partial charge is 0.497 e. The Morgan fingerprint density at radius 1 is 1.25 bits per heavy atom. The van der Waals surface area contributed by atoms with Gasteiger partial charge in [0, 0.05) is 29.7 Å². The van der Waals surface area contributed by atoms with Gasteiger partial charge in [-0.2, -0.15) is 5.26 Å². The summed E-state index contributed by atoms with van der Waals surface area (Å²) in [7, 11) is 3.07. The van der Waals surface area contributed by atoms with Crippen molar-refractivity contribution in [3.63, 3.8) is 0 Å². The average Bonchev–Trinajstić information content (AvgIpc) is 2.81. The summed E-state index contributed by atoms with van der Waals surface area (Å²) in [6.45, 7) is 2.15. The van der Waals surface area contributed by atoms with Gasteiger partial charge >= 0.3 is 0 Å². The number of nitriles is 1. The molecule has 2 aromatic heterocycles. The average molecular weight is 430 g/mol. The van der Waals surface area contributed by atoms with Crippen LogP contribution in [0, 0.1) is 18.3 Å². The summed E-state index contributed by atoms with van der Waals surface area (Å²) >= 11 is 0. The molecule has 0 saturated carbocycles. The molecule has 1 atom stereocenters. The summed E-state index contributed by atoms with van der Waals surface area (Å²) in [5.41, 5.74) is 8.44. The van der Waals surface area contributed by atoms with Crippen molar-refractivity contribution in [1.29, 1.82) is 5.26 Å². The number of rotatable bonds is 5. The number of hydrogen-bond donors (Lipinski definition) is 1. The third-order valence-corrected chi connectivity index (χ3v) is 5.50. The first kappa shape index (κ1) is 21.0. The molecule has 1 aromatic carbocycles. The molecule has 0 unspecified atom stereocenters. The quantitative estimate of drug-likeness (QED) is 0.662. The molecule has 2 N–H and O–H groups in total. The maximum absolute atomic E-state index is 13.8. The van der Waals surface area contributed by atoms with Crippen molar-refractivity contribution in [3.8, 4) is 23.3 Å². The summed E-state index contributed by atoms with van der Waals surface area (Å²) in [5.74, 6) is 0.567. The van der Waals surface area contributed by atoms with Crippen LogP contribution in [0.4, 0.5) is 0 Å². The minimum Gasteiger partial charge on any atom is -0.497 e. The second kappa shape index (κ2) is 8.47. The van der Waals surface area contributed by atoms with Crippen molar-refractivity contribution in [2.75, 3.05) is 14.2 Å². The van der Waals surface area contributed by atoms with Gasteiger partial charge in [0.1, 0.15) is 28.9 Å². The van der Waals surface area contributed by atoms with Crippen LogP contribution in [0.25, 0.3) is 0 Å². The Morgan fingerprint density at radius 3 is 2.72 bits per heavy atom. The van der Waals surface area contributed by atoms with Crippen LogP contribution in [-0.2, 0) is 6.54 Å². The highest BCUT2D eigenvalue weighted by Gasteiger charge is 2.36. The number of aromatic nitrogens is 2. The Kier molecular flexibility index (Phi) is 5.56. The van der Waals surface area contributed by atoms with Crippen molar-refractivity contribution in [1.82, 2.24) is 9.55 Å². The fourth-order valence-electron chi connectivity index (χ4n) is 3.93. The first-order chi connectivity index (χ1) is 15.5. The lowest BCUT2D eigenvalue weighted by molar-refractivity contribution is 0.380. The molecule has 0 amide bonds. The normalized spacial score (nSPS) is 14.9. The van der Waals surface area contributed by atoms with Crippen LogP contribution in [0.1, 0.15) is 28.3 Å². The number of nitrogens with two attached hydrogens (primary N) is 1. The highest BCUT2D eigenvalue weighted by atomic mass is 16.5. The zero-order chi connectivity index (χ0) is 22.8. The van der Waals surface area contributed by atoms with E-state index in [1.165, 1.54) is 7.11 Å². The predicted octanol–water partition coefficient (Wildman–Crippen LogP) is 2.84. The maximum Gasteiger partial charge on any atom is 0.259 e. The lowest BCUT2D eigenvalue weighted by Crippen LogP contribution is -2.33. The second-order valence-corrected chi connectivity index (χ2v) is 7.35. The Hall–Kier alpha value is -4.25. The van der Waals surface area contributed by atoms with Gasteiger partial charge in [0.15, 0.2) is 0 Å². The minimum atomic E-state index is -0.776. The van der Waals surface area contributed by atoms with Crippen molar-refractivity contribution >= 4 is 0 Å². The standard InChI is InChI=1S/C24H22N4O4/c1-14-9-20-22(24(29)28(14)13-15-5-4-8-27-12-15)21(18(11-25)23(26)32-20)17-10-16(30-2)6-7-19(17)31-3/h4-10,12,21H,13,26H2,1-3H3/t21-/m1/s1. The van der Waals surface area contributed by atoms with Gasteiger partial charge in [0.2, 0.25) is 5.88 Å². The van der Waals surface area contributed by atoms with Crippen molar-refractivity contribution in [2.45, 2.75) is 19.4 Å². The molecule has 4 rings (SSSR count). The molecule has 1 aliphatic rings. The molecular formula is C24H22N4O4. The molecule has 0 spiro atoms. The number of nitrogens with zero attached hydrogens (tertiary/aromatic N) is 3. The Labute approximate surface area is 185 Å². The predicted molar refractivity (Wildman–Crippen MR) is 118 cm³/mol. The molecule has 0 aliphatic carbocycles. The highest BCUT2D eigenvalue weighted by Crippen LogP contribution is 2.44. The number of aryl methyl sites for hydroxylation is 1. The van der Waals surface area contributed by atoms with E-state index in [0.29, 0.717) is 40.6 Å². The summed E-state index contributed by atoms with van der Waals surface area (Å²) in [4.78, 5) is 17.9. The van der Waals surface area contributed by atoms with E-state index in [9.17, 15) is 10.1 Å². The second-order valence-electron chi connectivity index (χ2n) is 7.35. The summed E-state index contributed by atoms with van der Waals surface area (Å²) in [6, 6.07) is 12.8. The molecule has 3 aromatic rings. The van der Waals surface area contributed by atoms with Crippen LogP contribution in [0.15, 0.2) is 65.0 Å². The number of methoxy groups -OCH3 is 2. The van der Waals surface area contributed by atoms with Gasteiger partial charge in [0.25, 0.3) is 5.56 Å². The van der Waals surface area contributed by atoms with Crippen molar-refractivity contribution in [3.05, 3.63) is 93.0 Å². The van der Waals surface area contributed by atoms with E-state index in [2.05, 4.69) is 11.1 Å². The topological polar surface area (TPSA) is 112 Å². The van der Waals surface area contributed by atoms with E-state index >= 15 is 0 Å². The molecule has 0 radical (unpaired) electrons. The third-order valence-electron chi connectivity index (χ3n) is 5.50. The first-order valence-electron chi connectivity index (χ1n) is 9.91. The third kappa shape index (κ3) is 3.54. The Balaban J connectivity index is 1.98. The maximum atomic E-state index is 13.8. The number of fused-ring (bicyclic) bond motifs is 1. The van der Waals surface area contributed by atoms with Crippen molar-refractivity contribution < 1.29 is 14.2 Å². The molecule has 0 saturated heterocycles. The zero-order valence-corrected chi connectivity index (χ0v) is 18.0. The Bertz CT molecular complexity index is 1310. The monoisotopic (exact) mass is 430 g/mol. The molecular weight excluding hydrogens is 408 g/mol. The molecule has 8 heteroatoms. The summed E-state index contributed by atoms with van der Waals surface area (Å²) in [6.07, 6.45) is 3.39. The highest BCUT2D eigenvalue weighted by molar-refractivity contribution is 5.59. The van der Waals surface area contributed by atoms with Crippen LogP contribution in [-0.4, -0.2) is 23.8 Å². The van der Waals surface area contributed by atoms with E-state index in [4.69, 9.17) is 19.9 Å². The first-order valence-corrected chi connectivity index (χ1v) is 9.91. The number of allylic oxidation sites excluding steroid dienone is 1. The SMILES string of the molecule is COc1ccc(OC)c([C@@H]2C(C#N)=C(N)Oc3cc(C)n(Cc4cccnc4)c(=O)c32)c1. The summed E-state index contributed by atoms with van der Waals surface area (Å²) in [5, 5.41) is 9.90. The molecule has 32 heavy (non-hydrogen) atoms. The lowest BCUT2D eigenvalue weighted by Gasteiger charge is -2.28. The molecule has 3 heterocycles. The van der Waals surface area contributed by atoms with Crippen LogP contribution in [0.3, 0.4) is 0 Å². The fraction of sp³-hybridized carbons (Fsp3) is 0.208. The van der Waals surface area contributed by atoms with Gasteiger partial charge in [-0.3, -0.25) is 9.78 Å². The summed E-state index contributed by atoms with van der Waals surface area (Å²) < 4.78 is 18.3. The molecule has 8 nitrogen and oxygen atoms in total. The number of hydrogen-bond acceptors (Lipinski definition) is 7. The fourth-order valence-corrected chi connectivity index (χ4v) is 3.93. The van der Waals surface area contributed by atoms with Gasteiger partial charge in [-0.05, 0) is 36.8 Å². The van der Waals surface area contributed by atoms with Gasteiger partial charge in [-0.1, -0.05) is 6.07 Å². The van der Waals surface area contributed by atoms with Crippen LogP contribution >= 0.6 is 0 Å². The van der Waals surface area contributed by atoms with Gasteiger partial charge in [0.05, 0.1) is 32.2 Å². The van der Waals surface area contributed by atoms with E-state index in [1.54, 1.807) is 48.3 Å². The zero-order valence-electron chi connectivity index (χ0n) is 18.0. The number of benzene rings is 1. The van der Waals surface area contributed by atoms with E-state index in [-0.39, 0.29) is 17.0 Å². The van der Waals surface area contributed by atoms with Gasteiger partial charge < -0.3 is 24.5 Å². The molecule has 1 aliphatic heterocycles. The van der Waals surface area contributed by atoms with Gasteiger partial charge in [-0.25, -0.2) is 0 Å². The van der Waals surface area contributed by atoms with Crippen molar-refractivity contribution in [2.24, 2.45) is 5.73 Å².